The zero-order chi connectivity index (χ0) is 28.5. The van der Waals surface area contributed by atoms with Crippen molar-refractivity contribution in [1.82, 2.24) is 0 Å². The predicted molar refractivity (Wildman–Crippen MR) is 141 cm³/mol. The minimum atomic E-state index is -1.45. The molecule has 2 saturated heterocycles. The number of aliphatic hydroxyl groups excluding tert-OH is 8. The molecule has 0 aromatic carbocycles. The van der Waals surface area contributed by atoms with Crippen LogP contribution in [0.4, 0.5) is 0 Å². The Kier molecular flexibility index (Phi) is 13.2. The molecule has 1 aliphatic carbocycles. The Morgan fingerprint density at radius 3 is 1.31 bits per heavy atom. The van der Waals surface area contributed by atoms with Gasteiger partial charge in [-0.3, -0.25) is 0 Å². The third kappa shape index (κ3) is 9.00. The van der Waals surface area contributed by atoms with Gasteiger partial charge in [-0.05, 0) is 38.5 Å². The summed E-state index contributed by atoms with van der Waals surface area (Å²) < 4.78 is 11.0. The Labute approximate surface area is 234 Å². The number of halogens is 1. The molecule has 0 bridgehead atoms. The van der Waals surface area contributed by atoms with Crippen molar-refractivity contribution in [3.05, 3.63) is 0 Å². The molecule has 39 heavy (non-hydrogen) atoms. The van der Waals surface area contributed by atoms with E-state index in [1.165, 1.54) is 0 Å². The summed E-state index contributed by atoms with van der Waals surface area (Å²) in [5.74, 6) is 12.2. The van der Waals surface area contributed by atoms with Crippen LogP contribution in [0.3, 0.4) is 0 Å². The normalized spacial score (nSPS) is 44.5. The molecule has 10 nitrogen and oxygen atoms in total. The Hall–Kier alpha value is -0.990. The Bertz CT molecular complexity index is 796. The van der Waals surface area contributed by atoms with Gasteiger partial charge >= 0.3 is 0 Å². The maximum absolute atomic E-state index is 10.3. The van der Waals surface area contributed by atoms with E-state index in [1.54, 1.807) is 0 Å². The number of hydrogen-bond acceptors (Lipinski definition) is 10. The van der Waals surface area contributed by atoms with Crippen LogP contribution >= 0.6 is 11.6 Å². The molecule has 11 heteroatoms. The van der Waals surface area contributed by atoms with E-state index in [1.807, 2.05) is 0 Å². The summed E-state index contributed by atoms with van der Waals surface area (Å²) in [5, 5.41) is 79.1. The largest absolute Gasteiger partial charge is 0.394 e. The summed E-state index contributed by atoms with van der Waals surface area (Å²) in [6.45, 7) is -0.983. The second-order valence-electron chi connectivity index (χ2n) is 10.9. The first-order valence-electron chi connectivity index (χ1n) is 13.9. The molecule has 2 unspecified atom stereocenters. The minimum Gasteiger partial charge on any atom is -0.394 e. The first kappa shape index (κ1) is 32.5. The zero-order valence-electron chi connectivity index (χ0n) is 22.1. The molecule has 3 aliphatic rings. The van der Waals surface area contributed by atoms with Crippen molar-refractivity contribution in [1.29, 1.82) is 0 Å². The number of aliphatic hydroxyl groups is 8. The van der Waals surface area contributed by atoms with Crippen LogP contribution < -0.4 is 0 Å². The minimum absolute atomic E-state index is 0.0276. The van der Waals surface area contributed by atoms with Crippen LogP contribution in [-0.2, 0) is 9.47 Å². The third-order valence-electron chi connectivity index (χ3n) is 7.91. The standard InChI is InChI=1S/C28H43ClO10/c29-18-10-6-16(8-12-19-23(32)27(36)25(34)21(14-30)38-19)4-2-1-3-5-17(7-11-18)9-13-20-24(33)28(37)26(35)22(15-31)39-20/h16-28,30-37H,1-7,10-11,14-15H2/t16?,17?,18?,19-,20-,21-,22-,23-,24-,25-,26-,27-,28-/m1/s1. The molecule has 2 heterocycles. The van der Waals surface area contributed by atoms with Crippen LogP contribution in [0.25, 0.3) is 0 Å². The summed E-state index contributed by atoms with van der Waals surface area (Å²) >= 11 is 6.63. The molecule has 0 amide bonds. The average molecular weight is 575 g/mol. The molecule has 8 N–H and O–H groups in total. The average Bonchev–Trinajstić information content (AvgIpc) is 2.93. The molecule has 222 valence electrons. The van der Waals surface area contributed by atoms with E-state index in [2.05, 4.69) is 23.7 Å². The van der Waals surface area contributed by atoms with E-state index < -0.39 is 74.3 Å². The Morgan fingerprint density at radius 2 is 0.923 bits per heavy atom. The van der Waals surface area contributed by atoms with Crippen molar-refractivity contribution >= 4 is 11.6 Å². The fourth-order valence-corrected chi connectivity index (χ4v) is 5.54. The van der Waals surface area contributed by atoms with Gasteiger partial charge < -0.3 is 50.3 Å². The van der Waals surface area contributed by atoms with Gasteiger partial charge in [0.1, 0.15) is 61.0 Å². The van der Waals surface area contributed by atoms with Crippen molar-refractivity contribution in [3.63, 3.8) is 0 Å². The van der Waals surface area contributed by atoms with Crippen molar-refractivity contribution in [2.45, 2.75) is 124 Å². The van der Waals surface area contributed by atoms with Gasteiger partial charge in [-0.25, -0.2) is 0 Å². The SMILES string of the molecule is OC[C@H]1O[C@H](C#CC2CCCCCC(C#C[C@H]3O[C@H](CO)[C@@H](O)[C@H](O)[C@@H]3O)CCC(Cl)CC2)[C@@H](O)[C@@H](O)[C@@H]1O. The van der Waals surface area contributed by atoms with Crippen molar-refractivity contribution in [3.8, 4) is 23.7 Å². The first-order valence-corrected chi connectivity index (χ1v) is 14.4. The number of rotatable bonds is 2. The third-order valence-corrected chi connectivity index (χ3v) is 8.34. The summed E-state index contributed by atoms with van der Waals surface area (Å²) in [6, 6.07) is 0. The van der Waals surface area contributed by atoms with Crippen molar-refractivity contribution in [2.24, 2.45) is 11.8 Å². The highest BCUT2D eigenvalue weighted by atomic mass is 35.5. The summed E-state index contributed by atoms with van der Waals surface area (Å²) in [5.41, 5.74) is 0. The van der Waals surface area contributed by atoms with Crippen molar-refractivity contribution < 1.29 is 50.3 Å². The van der Waals surface area contributed by atoms with Crippen LogP contribution in [0.2, 0.25) is 0 Å². The van der Waals surface area contributed by atoms with Crippen LogP contribution in [0, 0.1) is 35.5 Å². The molecule has 3 fully saturated rings. The van der Waals surface area contributed by atoms with E-state index in [-0.39, 0.29) is 17.2 Å². The molecular formula is C28H43ClO10. The molecule has 2 aliphatic heterocycles. The van der Waals surface area contributed by atoms with E-state index in [0.717, 1.165) is 57.8 Å². The van der Waals surface area contributed by atoms with Crippen molar-refractivity contribution in [2.75, 3.05) is 13.2 Å². The van der Waals surface area contributed by atoms with E-state index in [0.29, 0.717) is 0 Å². The fourth-order valence-electron chi connectivity index (χ4n) is 5.29. The fraction of sp³-hybridized carbons (Fsp3) is 0.857. The first-order chi connectivity index (χ1) is 18.7. The van der Waals surface area contributed by atoms with Gasteiger partial charge in [0.05, 0.1) is 13.2 Å². The van der Waals surface area contributed by atoms with Gasteiger partial charge in [-0.15, -0.1) is 11.6 Å². The number of alkyl halides is 1. The molecule has 0 radical (unpaired) electrons. The lowest BCUT2D eigenvalue weighted by molar-refractivity contribution is -0.214. The maximum Gasteiger partial charge on any atom is 0.147 e. The lowest BCUT2D eigenvalue weighted by atomic mass is 9.89. The maximum atomic E-state index is 10.3. The molecule has 12 atom stereocenters. The van der Waals surface area contributed by atoms with Crippen LogP contribution in [-0.4, -0.2) is 120 Å². The molecule has 0 spiro atoms. The van der Waals surface area contributed by atoms with Gasteiger partial charge in [0.2, 0.25) is 0 Å². The number of ether oxygens (including phenoxy) is 2. The molecule has 0 aromatic heterocycles. The molecule has 1 saturated carbocycles. The van der Waals surface area contributed by atoms with Gasteiger partial charge in [-0.1, -0.05) is 42.9 Å². The van der Waals surface area contributed by atoms with Crippen LogP contribution in [0.5, 0.6) is 0 Å². The molecule has 3 rings (SSSR count). The van der Waals surface area contributed by atoms with Gasteiger partial charge in [-0.2, -0.15) is 0 Å². The Morgan fingerprint density at radius 1 is 0.513 bits per heavy atom. The molecule has 0 aromatic rings. The smallest absolute Gasteiger partial charge is 0.147 e. The predicted octanol–water partition coefficient (Wildman–Crippen LogP) is -0.958. The lowest BCUT2D eigenvalue weighted by Crippen LogP contribution is -2.58. The topological polar surface area (TPSA) is 180 Å². The zero-order valence-corrected chi connectivity index (χ0v) is 22.8. The summed E-state index contributed by atoms with van der Waals surface area (Å²) in [4.78, 5) is 0. The van der Waals surface area contributed by atoms with Gasteiger partial charge in [0.15, 0.2) is 0 Å². The summed E-state index contributed by atoms with van der Waals surface area (Å²) in [6.07, 6.45) is -5.02. The van der Waals surface area contributed by atoms with Gasteiger partial charge in [0.25, 0.3) is 0 Å². The lowest BCUT2D eigenvalue weighted by Gasteiger charge is -2.38. The second-order valence-corrected chi connectivity index (χ2v) is 11.5. The Balaban J connectivity index is 1.57. The van der Waals surface area contributed by atoms with Crippen LogP contribution in [0.15, 0.2) is 0 Å². The van der Waals surface area contributed by atoms with Crippen LogP contribution in [0.1, 0.15) is 57.8 Å². The number of hydrogen-bond donors (Lipinski definition) is 8. The summed E-state index contributed by atoms with van der Waals surface area (Å²) in [7, 11) is 0. The van der Waals surface area contributed by atoms with Gasteiger partial charge in [0, 0.05) is 17.2 Å². The second kappa shape index (κ2) is 15.9. The molecular weight excluding hydrogens is 532 g/mol. The monoisotopic (exact) mass is 574 g/mol. The highest BCUT2D eigenvalue weighted by Gasteiger charge is 2.43. The highest BCUT2D eigenvalue weighted by molar-refractivity contribution is 6.20. The highest BCUT2D eigenvalue weighted by Crippen LogP contribution is 2.27. The van der Waals surface area contributed by atoms with E-state index in [9.17, 15) is 40.9 Å². The van der Waals surface area contributed by atoms with E-state index >= 15 is 0 Å². The van der Waals surface area contributed by atoms with E-state index in [4.69, 9.17) is 21.1 Å². The quantitative estimate of drug-likeness (QED) is 0.151.